The average Bonchev–Trinajstić information content (AvgIpc) is 1.62. The van der Waals surface area contributed by atoms with Gasteiger partial charge in [0.1, 0.15) is 0 Å². The van der Waals surface area contributed by atoms with E-state index in [1.165, 1.54) is 0 Å². The Labute approximate surface area is 68.0 Å². The molecule has 0 saturated heterocycles. The van der Waals surface area contributed by atoms with E-state index in [1.807, 2.05) is 0 Å². The monoisotopic (exact) mass is 190 g/mol. The van der Waals surface area contributed by atoms with Crippen LogP contribution >= 0.6 is 34.8 Å². The summed E-state index contributed by atoms with van der Waals surface area (Å²) in [6, 6.07) is 0. The summed E-state index contributed by atoms with van der Waals surface area (Å²) in [5.41, 5.74) is 0. The zero-order valence-corrected chi connectivity index (χ0v) is 6.93. The molecular weight excluding hydrogens is 186 g/mol. The molecule has 0 rings (SSSR count). The molecule has 0 aromatic heterocycles. The smallest absolute Gasteiger partial charge is 0.340 e. The molecule has 0 aliphatic carbocycles. The lowest BCUT2D eigenvalue weighted by Crippen LogP contribution is -2.14. The van der Waals surface area contributed by atoms with Crippen molar-refractivity contribution in [2.75, 3.05) is 0 Å². The van der Waals surface area contributed by atoms with E-state index in [9.17, 15) is 4.79 Å². The van der Waals surface area contributed by atoms with Gasteiger partial charge < -0.3 is 4.74 Å². The van der Waals surface area contributed by atoms with Gasteiger partial charge in [-0.2, -0.15) is 0 Å². The topological polar surface area (TPSA) is 26.3 Å². The summed E-state index contributed by atoms with van der Waals surface area (Å²) < 4.78 is 2.33. The van der Waals surface area contributed by atoms with Crippen LogP contribution in [0.5, 0.6) is 0 Å². The first-order valence-electron chi connectivity index (χ1n) is 2.24. The standard InChI is InChI=1S/C4H5Cl3O2/c1-2-3(8)9-4(5,6)7/h2H2,1H3. The third-order valence-electron chi connectivity index (χ3n) is 0.518. The summed E-state index contributed by atoms with van der Waals surface area (Å²) in [6.45, 7) is 1.61. The van der Waals surface area contributed by atoms with Crippen LogP contribution in [0.1, 0.15) is 13.3 Å². The molecule has 2 nitrogen and oxygen atoms in total. The molecule has 0 bridgehead atoms. The molecule has 0 spiro atoms. The van der Waals surface area contributed by atoms with Crippen LogP contribution in [0.2, 0.25) is 0 Å². The van der Waals surface area contributed by atoms with Crippen molar-refractivity contribution in [3.8, 4) is 0 Å². The third kappa shape index (κ3) is 6.22. The molecule has 0 heterocycles. The lowest BCUT2D eigenvalue weighted by molar-refractivity contribution is -0.143. The van der Waals surface area contributed by atoms with Crippen LogP contribution in [0.25, 0.3) is 0 Å². The highest BCUT2D eigenvalue weighted by Gasteiger charge is 2.23. The fourth-order valence-corrected chi connectivity index (χ4v) is 0.459. The molecule has 54 valence electrons. The number of halogens is 3. The van der Waals surface area contributed by atoms with Crippen molar-refractivity contribution in [1.29, 1.82) is 0 Å². The van der Waals surface area contributed by atoms with Gasteiger partial charge >= 0.3 is 9.95 Å². The van der Waals surface area contributed by atoms with Crippen LogP contribution < -0.4 is 0 Å². The lowest BCUT2D eigenvalue weighted by Gasteiger charge is -2.09. The number of hydrogen-bond donors (Lipinski definition) is 0. The Hall–Kier alpha value is 0.340. The first kappa shape index (κ1) is 9.34. The highest BCUT2D eigenvalue weighted by Crippen LogP contribution is 2.27. The van der Waals surface area contributed by atoms with Gasteiger partial charge in [-0.25, -0.2) is 0 Å². The van der Waals surface area contributed by atoms with Crippen LogP contribution in [0.4, 0.5) is 0 Å². The quantitative estimate of drug-likeness (QED) is 0.469. The second kappa shape index (κ2) is 3.49. The van der Waals surface area contributed by atoms with Gasteiger partial charge in [-0.1, -0.05) is 6.92 Å². The van der Waals surface area contributed by atoms with Crippen LogP contribution in [0.15, 0.2) is 0 Å². The fraction of sp³-hybridized carbons (Fsp3) is 0.750. The summed E-state index contributed by atoms with van der Waals surface area (Å²) in [6.07, 6.45) is 0.202. The minimum absolute atomic E-state index is 0.202. The molecule has 0 unspecified atom stereocenters. The van der Waals surface area contributed by atoms with Crippen LogP contribution in [0.3, 0.4) is 0 Å². The Morgan fingerprint density at radius 3 is 2.11 bits per heavy atom. The fourth-order valence-electron chi connectivity index (χ4n) is 0.201. The summed E-state index contributed by atoms with van der Waals surface area (Å²) >= 11 is 15.3. The molecule has 5 heteroatoms. The van der Waals surface area contributed by atoms with Gasteiger partial charge in [-0.15, -0.1) is 0 Å². The Balaban J connectivity index is 3.60. The first-order chi connectivity index (χ1) is 3.95. The molecule has 0 aliphatic rings. The van der Waals surface area contributed by atoms with Crippen molar-refractivity contribution in [3.63, 3.8) is 0 Å². The maximum absolute atomic E-state index is 10.4. The Kier molecular flexibility index (Phi) is 3.63. The van der Waals surface area contributed by atoms with E-state index in [4.69, 9.17) is 34.8 Å². The van der Waals surface area contributed by atoms with E-state index in [-0.39, 0.29) is 6.42 Å². The predicted octanol–water partition coefficient (Wildman–Crippen LogP) is 2.27. The Morgan fingerprint density at radius 2 is 2.00 bits per heavy atom. The molecule has 0 amide bonds. The molecule has 0 saturated carbocycles. The molecule has 0 aromatic carbocycles. The zero-order chi connectivity index (χ0) is 7.49. The molecule has 0 atom stereocenters. The van der Waals surface area contributed by atoms with Gasteiger partial charge in [-0.3, -0.25) is 4.79 Å². The SMILES string of the molecule is CCC(=O)OC(Cl)(Cl)Cl. The number of esters is 1. The maximum atomic E-state index is 10.4. The normalized spacial score (nSPS) is 11.1. The van der Waals surface area contributed by atoms with Gasteiger partial charge in [-0.05, 0) is 34.8 Å². The highest BCUT2D eigenvalue weighted by atomic mass is 35.6. The average molecular weight is 191 g/mol. The molecule has 0 aromatic rings. The van der Waals surface area contributed by atoms with E-state index in [2.05, 4.69) is 4.74 Å². The summed E-state index contributed by atoms with van der Waals surface area (Å²) in [5.74, 6) is -0.532. The second-order valence-corrected chi connectivity index (χ2v) is 3.45. The van der Waals surface area contributed by atoms with E-state index < -0.39 is 9.95 Å². The number of alkyl halides is 3. The van der Waals surface area contributed by atoms with E-state index in [1.54, 1.807) is 6.92 Å². The van der Waals surface area contributed by atoms with Gasteiger partial charge in [0.2, 0.25) is 0 Å². The van der Waals surface area contributed by atoms with Crippen molar-refractivity contribution in [3.05, 3.63) is 0 Å². The summed E-state index contributed by atoms with van der Waals surface area (Å²) in [7, 11) is 0. The van der Waals surface area contributed by atoms with Crippen molar-refractivity contribution in [2.45, 2.75) is 17.3 Å². The van der Waals surface area contributed by atoms with E-state index in [0.29, 0.717) is 0 Å². The van der Waals surface area contributed by atoms with Crippen molar-refractivity contribution < 1.29 is 9.53 Å². The number of ether oxygens (including phenoxy) is 1. The zero-order valence-electron chi connectivity index (χ0n) is 4.66. The largest absolute Gasteiger partial charge is 0.415 e. The van der Waals surface area contributed by atoms with Crippen LogP contribution in [-0.4, -0.2) is 9.95 Å². The van der Waals surface area contributed by atoms with Crippen molar-refractivity contribution in [2.24, 2.45) is 0 Å². The van der Waals surface area contributed by atoms with Gasteiger partial charge in [0, 0.05) is 6.42 Å². The Bertz CT molecular complexity index is 107. The van der Waals surface area contributed by atoms with Crippen LogP contribution in [-0.2, 0) is 9.53 Å². The number of hydrogen-bond acceptors (Lipinski definition) is 2. The minimum Gasteiger partial charge on any atom is -0.415 e. The lowest BCUT2D eigenvalue weighted by atomic mass is 10.5. The van der Waals surface area contributed by atoms with Gasteiger partial charge in [0.25, 0.3) is 0 Å². The van der Waals surface area contributed by atoms with Gasteiger partial charge in [0.05, 0.1) is 0 Å². The number of carbonyl (C=O) groups is 1. The first-order valence-corrected chi connectivity index (χ1v) is 3.37. The summed E-state index contributed by atoms with van der Waals surface area (Å²) in [4.78, 5) is 10.4. The molecule has 0 N–H and O–H groups in total. The molecule has 0 fully saturated rings. The highest BCUT2D eigenvalue weighted by molar-refractivity contribution is 6.66. The van der Waals surface area contributed by atoms with E-state index in [0.717, 1.165) is 0 Å². The van der Waals surface area contributed by atoms with Crippen LogP contribution in [0, 0.1) is 0 Å². The van der Waals surface area contributed by atoms with Crippen molar-refractivity contribution >= 4 is 40.8 Å². The third-order valence-corrected chi connectivity index (χ3v) is 0.750. The van der Waals surface area contributed by atoms with Gasteiger partial charge in [0.15, 0.2) is 0 Å². The number of carbonyl (C=O) groups excluding carboxylic acids is 1. The molecule has 0 aliphatic heterocycles. The second-order valence-electron chi connectivity index (χ2n) is 1.27. The van der Waals surface area contributed by atoms with E-state index >= 15 is 0 Å². The van der Waals surface area contributed by atoms with Crippen molar-refractivity contribution in [1.82, 2.24) is 0 Å². The molecular formula is C4H5Cl3O2. The number of rotatable bonds is 1. The minimum atomic E-state index is -1.91. The maximum Gasteiger partial charge on any atom is 0.340 e. The predicted molar refractivity (Wildman–Crippen MR) is 36.7 cm³/mol. The molecule has 9 heavy (non-hydrogen) atoms. The summed E-state index contributed by atoms with van der Waals surface area (Å²) in [5, 5.41) is 0. The molecule has 0 radical (unpaired) electrons. The Morgan fingerprint density at radius 1 is 1.56 bits per heavy atom.